The second-order valence-electron chi connectivity index (χ2n) is 4.14. The Morgan fingerprint density at radius 2 is 1.65 bits per heavy atom. The van der Waals surface area contributed by atoms with Gasteiger partial charge in [0.2, 0.25) is 10.0 Å². The number of halogens is 2. The predicted octanol–water partition coefficient (Wildman–Crippen LogP) is 2.03. The minimum atomic E-state index is -3.90. The second-order valence-corrected chi connectivity index (χ2v) is 5.91. The van der Waals surface area contributed by atoms with Crippen molar-refractivity contribution in [1.82, 2.24) is 4.72 Å². The number of rotatable bonds is 4. The number of nitrogens with two attached hydrogens (primary N) is 1. The maximum Gasteiger partial charge on any atom is 0.240 e. The van der Waals surface area contributed by atoms with E-state index in [0.29, 0.717) is 17.3 Å². The van der Waals surface area contributed by atoms with Crippen LogP contribution in [0.4, 0.5) is 14.5 Å². The van der Waals surface area contributed by atoms with Crippen molar-refractivity contribution in [3.05, 3.63) is 59.7 Å². The average molecular weight is 298 g/mol. The zero-order valence-corrected chi connectivity index (χ0v) is 11.1. The van der Waals surface area contributed by atoms with E-state index in [0.717, 1.165) is 12.1 Å². The summed E-state index contributed by atoms with van der Waals surface area (Å²) in [6, 6.07) is 9.03. The van der Waals surface area contributed by atoms with Crippen molar-refractivity contribution in [3.8, 4) is 0 Å². The van der Waals surface area contributed by atoms with Gasteiger partial charge in [0.25, 0.3) is 0 Å². The Labute approximate surface area is 115 Å². The van der Waals surface area contributed by atoms with Crippen molar-refractivity contribution in [2.75, 3.05) is 5.73 Å². The van der Waals surface area contributed by atoms with E-state index in [-0.39, 0.29) is 11.4 Å². The van der Waals surface area contributed by atoms with Crippen molar-refractivity contribution in [3.63, 3.8) is 0 Å². The van der Waals surface area contributed by atoms with E-state index < -0.39 is 21.7 Å². The van der Waals surface area contributed by atoms with Crippen molar-refractivity contribution in [2.45, 2.75) is 11.4 Å². The highest BCUT2D eigenvalue weighted by Gasteiger charge is 2.16. The molecule has 0 radical (unpaired) electrons. The first kappa shape index (κ1) is 14.4. The number of benzene rings is 2. The molecule has 4 nitrogen and oxygen atoms in total. The summed E-state index contributed by atoms with van der Waals surface area (Å²) >= 11 is 0. The summed E-state index contributed by atoms with van der Waals surface area (Å²) in [5.74, 6) is -2.30. The van der Waals surface area contributed by atoms with Gasteiger partial charge in [0.15, 0.2) is 11.6 Å². The average Bonchev–Trinajstić information content (AvgIpc) is 2.41. The first-order valence-electron chi connectivity index (χ1n) is 5.67. The molecule has 106 valence electrons. The molecule has 0 aliphatic heterocycles. The SMILES string of the molecule is Nc1ccc(CNS(=O)(=O)c2ccc(F)c(F)c2)cc1. The summed E-state index contributed by atoms with van der Waals surface area (Å²) in [4.78, 5) is -0.327. The predicted molar refractivity (Wildman–Crippen MR) is 71.2 cm³/mol. The molecule has 0 atom stereocenters. The summed E-state index contributed by atoms with van der Waals surface area (Å²) in [6.07, 6.45) is 0. The van der Waals surface area contributed by atoms with Gasteiger partial charge in [-0.25, -0.2) is 21.9 Å². The normalized spacial score (nSPS) is 11.5. The van der Waals surface area contributed by atoms with Crippen LogP contribution in [0, 0.1) is 11.6 Å². The van der Waals surface area contributed by atoms with Crippen LogP contribution in [0.1, 0.15) is 5.56 Å². The molecule has 0 heterocycles. The monoisotopic (exact) mass is 298 g/mol. The minimum absolute atomic E-state index is 0.0294. The van der Waals surface area contributed by atoms with Gasteiger partial charge in [-0.15, -0.1) is 0 Å². The fourth-order valence-corrected chi connectivity index (χ4v) is 2.57. The summed E-state index contributed by atoms with van der Waals surface area (Å²) in [7, 11) is -3.90. The van der Waals surface area contributed by atoms with E-state index in [9.17, 15) is 17.2 Å². The number of hydrogen-bond acceptors (Lipinski definition) is 3. The van der Waals surface area contributed by atoms with Crippen molar-refractivity contribution in [2.24, 2.45) is 0 Å². The van der Waals surface area contributed by atoms with Gasteiger partial charge in [0.05, 0.1) is 4.90 Å². The molecule has 0 saturated heterocycles. The Bertz CT molecular complexity index is 716. The Morgan fingerprint density at radius 3 is 2.25 bits per heavy atom. The van der Waals surface area contributed by atoms with Gasteiger partial charge in [0.1, 0.15) is 0 Å². The standard InChI is InChI=1S/C13H12F2N2O2S/c14-12-6-5-11(7-13(12)15)20(18,19)17-8-9-1-3-10(16)4-2-9/h1-7,17H,8,16H2. The Balaban J connectivity index is 2.14. The van der Waals surface area contributed by atoms with Gasteiger partial charge >= 0.3 is 0 Å². The van der Waals surface area contributed by atoms with Crippen LogP contribution in [0.15, 0.2) is 47.4 Å². The van der Waals surface area contributed by atoms with Gasteiger partial charge in [-0.05, 0) is 35.9 Å². The summed E-state index contributed by atoms with van der Waals surface area (Å²) in [6.45, 7) is 0.0294. The van der Waals surface area contributed by atoms with E-state index >= 15 is 0 Å². The van der Waals surface area contributed by atoms with Gasteiger partial charge in [0, 0.05) is 12.2 Å². The molecule has 0 aromatic heterocycles. The van der Waals surface area contributed by atoms with Crippen molar-refractivity contribution in [1.29, 1.82) is 0 Å². The number of sulfonamides is 1. The van der Waals surface area contributed by atoms with Crippen LogP contribution in [-0.4, -0.2) is 8.42 Å². The van der Waals surface area contributed by atoms with Crippen molar-refractivity contribution < 1.29 is 17.2 Å². The Hall–Kier alpha value is -1.99. The zero-order valence-electron chi connectivity index (χ0n) is 10.3. The molecule has 20 heavy (non-hydrogen) atoms. The molecule has 0 fully saturated rings. The molecule has 0 aliphatic rings. The van der Waals surface area contributed by atoms with Crippen LogP contribution < -0.4 is 10.5 Å². The van der Waals surface area contributed by atoms with Gasteiger partial charge in [-0.2, -0.15) is 0 Å². The van der Waals surface area contributed by atoms with E-state index in [1.165, 1.54) is 0 Å². The topological polar surface area (TPSA) is 72.2 Å². The zero-order chi connectivity index (χ0) is 14.8. The molecule has 3 N–H and O–H groups in total. The highest BCUT2D eigenvalue weighted by molar-refractivity contribution is 7.89. The number of nitrogen functional groups attached to an aromatic ring is 1. The quantitative estimate of drug-likeness (QED) is 0.848. The largest absolute Gasteiger partial charge is 0.399 e. The van der Waals surface area contributed by atoms with E-state index in [4.69, 9.17) is 5.73 Å². The molecule has 0 spiro atoms. The second kappa shape index (κ2) is 5.56. The smallest absolute Gasteiger partial charge is 0.240 e. The van der Waals surface area contributed by atoms with Crippen LogP contribution in [0.25, 0.3) is 0 Å². The first-order chi connectivity index (χ1) is 9.38. The highest BCUT2D eigenvalue weighted by Crippen LogP contribution is 2.14. The molecule has 0 unspecified atom stereocenters. The maximum absolute atomic E-state index is 13.0. The summed E-state index contributed by atoms with van der Waals surface area (Å²) in [5, 5.41) is 0. The lowest BCUT2D eigenvalue weighted by molar-refractivity contribution is 0.504. The molecular weight excluding hydrogens is 286 g/mol. The third kappa shape index (κ3) is 3.31. The molecule has 0 saturated carbocycles. The van der Waals surface area contributed by atoms with E-state index in [1.54, 1.807) is 24.3 Å². The molecule has 0 amide bonds. The van der Waals surface area contributed by atoms with Crippen LogP contribution >= 0.6 is 0 Å². The maximum atomic E-state index is 13.0. The van der Waals surface area contributed by atoms with Gasteiger partial charge in [-0.1, -0.05) is 12.1 Å². The van der Waals surface area contributed by atoms with Crippen LogP contribution in [0.2, 0.25) is 0 Å². The first-order valence-corrected chi connectivity index (χ1v) is 7.16. The number of anilines is 1. The van der Waals surface area contributed by atoms with E-state index in [1.807, 2.05) is 0 Å². The van der Waals surface area contributed by atoms with Crippen molar-refractivity contribution >= 4 is 15.7 Å². The fraction of sp³-hybridized carbons (Fsp3) is 0.0769. The Morgan fingerprint density at radius 1 is 1.00 bits per heavy atom. The van der Waals surface area contributed by atoms with Crippen LogP contribution in [0.5, 0.6) is 0 Å². The molecule has 2 aromatic carbocycles. The molecular formula is C13H12F2N2O2S. The van der Waals surface area contributed by atoms with Gasteiger partial charge in [-0.3, -0.25) is 0 Å². The fourth-order valence-electron chi connectivity index (χ4n) is 1.54. The highest BCUT2D eigenvalue weighted by atomic mass is 32.2. The molecule has 0 bridgehead atoms. The van der Waals surface area contributed by atoms with Crippen LogP contribution in [-0.2, 0) is 16.6 Å². The van der Waals surface area contributed by atoms with Gasteiger partial charge < -0.3 is 5.73 Å². The molecule has 0 aliphatic carbocycles. The van der Waals surface area contributed by atoms with E-state index in [2.05, 4.69) is 4.72 Å². The molecule has 2 rings (SSSR count). The van der Waals surface area contributed by atoms with Crippen LogP contribution in [0.3, 0.4) is 0 Å². The lowest BCUT2D eigenvalue weighted by Gasteiger charge is -2.07. The minimum Gasteiger partial charge on any atom is -0.399 e. The third-order valence-corrected chi connectivity index (χ3v) is 4.05. The lowest BCUT2D eigenvalue weighted by Crippen LogP contribution is -2.23. The Kier molecular flexibility index (Phi) is 4.01. The number of nitrogens with one attached hydrogen (secondary N) is 1. The summed E-state index contributed by atoms with van der Waals surface area (Å²) < 4.78 is 51.9. The molecule has 2 aromatic rings. The lowest BCUT2D eigenvalue weighted by atomic mass is 10.2. The summed E-state index contributed by atoms with van der Waals surface area (Å²) in [5.41, 5.74) is 6.78. The third-order valence-electron chi connectivity index (χ3n) is 2.65. The molecule has 7 heteroatoms. The number of hydrogen-bond donors (Lipinski definition) is 2.